The molecule has 0 N–H and O–H groups in total. The largest absolute Gasteiger partial charge is 0.417 e. The van der Waals surface area contributed by atoms with Crippen LogP contribution in [0.3, 0.4) is 0 Å². The van der Waals surface area contributed by atoms with Crippen LogP contribution in [-0.2, 0) is 18.5 Å². The standard InChI is InChI=1S/C10H4F9/c1-4-2-5(8(11,12)13)7(10(17,18)19)6(3-4)9(14,15)16/h2-3H,1H2. The van der Waals surface area contributed by atoms with E-state index in [4.69, 9.17) is 0 Å². The summed E-state index contributed by atoms with van der Waals surface area (Å²) in [5.74, 6) is 0. The number of hydrogen-bond donors (Lipinski definition) is 0. The fourth-order valence-corrected chi connectivity index (χ4v) is 1.45. The summed E-state index contributed by atoms with van der Waals surface area (Å²) in [6.07, 6.45) is -16.9. The van der Waals surface area contributed by atoms with Gasteiger partial charge in [0.1, 0.15) is 0 Å². The zero-order chi connectivity index (χ0) is 15.2. The van der Waals surface area contributed by atoms with E-state index in [1.807, 2.05) is 0 Å². The van der Waals surface area contributed by atoms with Gasteiger partial charge in [0.15, 0.2) is 0 Å². The third-order valence-electron chi connectivity index (χ3n) is 2.09. The quantitative estimate of drug-likeness (QED) is 0.596. The zero-order valence-electron chi connectivity index (χ0n) is 8.76. The van der Waals surface area contributed by atoms with Gasteiger partial charge in [0, 0.05) is 0 Å². The highest BCUT2D eigenvalue weighted by atomic mass is 19.4. The molecular weight excluding hydrogens is 291 g/mol. The molecule has 1 aromatic carbocycles. The van der Waals surface area contributed by atoms with E-state index >= 15 is 0 Å². The maximum Gasteiger partial charge on any atom is 0.417 e. The first kappa shape index (κ1) is 15.6. The van der Waals surface area contributed by atoms with Crippen molar-refractivity contribution in [1.29, 1.82) is 0 Å². The summed E-state index contributed by atoms with van der Waals surface area (Å²) < 4.78 is 112. The minimum absolute atomic E-state index is 0.0714. The molecule has 0 saturated carbocycles. The normalized spacial score (nSPS) is 13.8. The Balaban J connectivity index is 3.80. The van der Waals surface area contributed by atoms with Gasteiger partial charge in [0.2, 0.25) is 0 Å². The summed E-state index contributed by atoms with van der Waals surface area (Å²) in [6.45, 7) is 2.82. The van der Waals surface area contributed by atoms with Crippen LogP contribution in [0.15, 0.2) is 12.1 Å². The second kappa shape index (κ2) is 4.31. The van der Waals surface area contributed by atoms with E-state index in [0.717, 1.165) is 0 Å². The summed E-state index contributed by atoms with van der Waals surface area (Å²) in [4.78, 5) is 0. The molecule has 0 spiro atoms. The lowest BCUT2D eigenvalue weighted by molar-refractivity contribution is -0.174. The predicted molar refractivity (Wildman–Crippen MR) is 45.9 cm³/mol. The summed E-state index contributed by atoms with van der Waals surface area (Å²) in [5, 5.41) is 0. The van der Waals surface area contributed by atoms with Crippen LogP contribution in [-0.4, -0.2) is 0 Å². The molecule has 0 aliphatic heterocycles. The van der Waals surface area contributed by atoms with E-state index < -0.39 is 40.8 Å². The molecule has 0 aliphatic carbocycles. The summed E-state index contributed by atoms with van der Waals surface area (Å²) in [7, 11) is 0. The van der Waals surface area contributed by atoms with Gasteiger partial charge in [-0.15, -0.1) is 0 Å². The Morgan fingerprint density at radius 1 is 0.632 bits per heavy atom. The lowest BCUT2D eigenvalue weighted by atomic mass is 9.96. The molecule has 0 nitrogen and oxygen atoms in total. The van der Waals surface area contributed by atoms with Crippen molar-refractivity contribution in [3.8, 4) is 0 Å². The Morgan fingerprint density at radius 2 is 0.947 bits per heavy atom. The van der Waals surface area contributed by atoms with Crippen LogP contribution in [0.5, 0.6) is 0 Å². The maximum absolute atomic E-state index is 12.5. The number of rotatable bonds is 0. The third kappa shape index (κ3) is 3.32. The first-order valence-electron chi connectivity index (χ1n) is 4.46. The molecular formula is C10H4F9. The molecule has 107 valence electrons. The minimum atomic E-state index is -5.79. The Hall–Kier alpha value is -1.41. The molecule has 0 atom stereocenters. The molecule has 0 aromatic heterocycles. The van der Waals surface area contributed by atoms with E-state index in [9.17, 15) is 39.5 Å². The molecule has 9 heteroatoms. The van der Waals surface area contributed by atoms with Crippen LogP contribution in [0.4, 0.5) is 39.5 Å². The Bertz CT molecular complexity index is 440. The first-order valence-corrected chi connectivity index (χ1v) is 4.46. The van der Waals surface area contributed by atoms with Crippen LogP contribution in [0.2, 0.25) is 0 Å². The van der Waals surface area contributed by atoms with Gasteiger partial charge in [-0.25, -0.2) is 0 Å². The monoisotopic (exact) mass is 295 g/mol. The van der Waals surface area contributed by atoms with Gasteiger partial charge >= 0.3 is 18.5 Å². The second-order valence-electron chi connectivity index (χ2n) is 3.56. The van der Waals surface area contributed by atoms with E-state index in [0.29, 0.717) is 0 Å². The van der Waals surface area contributed by atoms with Gasteiger partial charge in [0.05, 0.1) is 16.7 Å². The maximum atomic E-state index is 12.5. The first-order chi connectivity index (χ1) is 8.24. The number of alkyl halides is 9. The minimum Gasteiger partial charge on any atom is -0.166 e. The van der Waals surface area contributed by atoms with Gasteiger partial charge in [-0.1, -0.05) is 0 Å². The molecule has 1 aromatic rings. The van der Waals surface area contributed by atoms with Crippen molar-refractivity contribution in [2.75, 3.05) is 0 Å². The smallest absolute Gasteiger partial charge is 0.166 e. The lowest BCUT2D eigenvalue weighted by Gasteiger charge is -2.21. The van der Waals surface area contributed by atoms with Crippen molar-refractivity contribution in [1.82, 2.24) is 0 Å². The van der Waals surface area contributed by atoms with Crippen LogP contribution >= 0.6 is 0 Å². The van der Waals surface area contributed by atoms with Crippen molar-refractivity contribution < 1.29 is 39.5 Å². The molecule has 1 radical (unpaired) electrons. The van der Waals surface area contributed by atoms with Crippen LogP contribution < -0.4 is 0 Å². The van der Waals surface area contributed by atoms with Crippen LogP contribution in [0.25, 0.3) is 0 Å². The number of hydrogen-bond acceptors (Lipinski definition) is 0. The van der Waals surface area contributed by atoms with Crippen LogP contribution in [0, 0.1) is 6.92 Å². The topological polar surface area (TPSA) is 0 Å². The van der Waals surface area contributed by atoms with Crippen molar-refractivity contribution in [2.45, 2.75) is 18.5 Å². The average Bonchev–Trinajstić information content (AvgIpc) is 2.11. The molecule has 0 unspecified atom stereocenters. The fourth-order valence-electron chi connectivity index (χ4n) is 1.45. The molecule has 19 heavy (non-hydrogen) atoms. The molecule has 1 rings (SSSR count). The second-order valence-corrected chi connectivity index (χ2v) is 3.56. The molecule has 0 amide bonds. The van der Waals surface area contributed by atoms with E-state index in [1.165, 1.54) is 0 Å². The number of halogens is 9. The average molecular weight is 295 g/mol. The van der Waals surface area contributed by atoms with Gasteiger partial charge in [-0.05, 0) is 24.6 Å². The van der Waals surface area contributed by atoms with Gasteiger partial charge in [-0.2, -0.15) is 39.5 Å². The predicted octanol–water partition coefficient (Wildman–Crippen LogP) is 4.93. The third-order valence-corrected chi connectivity index (χ3v) is 2.09. The molecule has 0 bridgehead atoms. The highest BCUT2D eigenvalue weighted by molar-refractivity contribution is 5.45. The van der Waals surface area contributed by atoms with Crippen molar-refractivity contribution >= 4 is 0 Å². The van der Waals surface area contributed by atoms with E-state index in [-0.39, 0.29) is 12.1 Å². The Labute approximate surface area is 100 Å². The summed E-state index contributed by atoms with van der Waals surface area (Å²) in [6, 6.07) is -0.143. The molecule has 0 saturated heterocycles. The zero-order valence-corrected chi connectivity index (χ0v) is 8.76. The van der Waals surface area contributed by atoms with E-state index in [1.54, 1.807) is 0 Å². The van der Waals surface area contributed by atoms with Crippen LogP contribution in [0.1, 0.15) is 22.3 Å². The highest BCUT2D eigenvalue weighted by Gasteiger charge is 2.50. The lowest BCUT2D eigenvalue weighted by Crippen LogP contribution is -2.23. The molecule has 0 aliphatic rings. The Morgan fingerprint density at radius 3 is 1.16 bits per heavy atom. The van der Waals surface area contributed by atoms with Crippen molar-refractivity contribution in [3.63, 3.8) is 0 Å². The van der Waals surface area contributed by atoms with Crippen molar-refractivity contribution in [2.24, 2.45) is 0 Å². The Kier molecular flexibility index (Phi) is 3.55. The number of benzene rings is 1. The van der Waals surface area contributed by atoms with E-state index in [2.05, 4.69) is 6.92 Å². The molecule has 0 heterocycles. The SMILES string of the molecule is [CH2]c1cc(C(F)(F)F)c(C(F)(F)F)c(C(F)(F)F)c1. The summed E-state index contributed by atoms with van der Waals surface area (Å²) in [5.41, 5.74) is -8.37. The summed E-state index contributed by atoms with van der Waals surface area (Å²) >= 11 is 0. The highest BCUT2D eigenvalue weighted by Crippen LogP contribution is 2.46. The fraction of sp³-hybridized carbons (Fsp3) is 0.300. The van der Waals surface area contributed by atoms with Gasteiger partial charge in [-0.3, -0.25) is 0 Å². The van der Waals surface area contributed by atoms with Crippen molar-refractivity contribution in [3.05, 3.63) is 41.3 Å². The molecule has 0 fully saturated rings. The van der Waals surface area contributed by atoms with Gasteiger partial charge in [0.25, 0.3) is 0 Å². The van der Waals surface area contributed by atoms with Gasteiger partial charge < -0.3 is 0 Å².